The lowest BCUT2D eigenvalue weighted by Crippen LogP contribution is -2.35. The van der Waals surface area contributed by atoms with Crippen LogP contribution in [-0.4, -0.2) is 23.0 Å². The summed E-state index contributed by atoms with van der Waals surface area (Å²) in [6, 6.07) is 12.5. The molecule has 1 amide bonds. The van der Waals surface area contributed by atoms with Gasteiger partial charge in [-0.2, -0.15) is 13.2 Å². The van der Waals surface area contributed by atoms with E-state index in [2.05, 4.69) is 15.3 Å². The maximum Gasteiger partial charge on any atom is 0.416 e. The van der Waals surface area contributed by atoms with Crippen molar-refractivity contribution in [3.8, 4) is 5.75 Å². The van der Waals surface area contributed by atoms with Crippen LogP contribution in [0.15, 0.2) is 59.4 Å². The Labute approximate surface area is 201 Å². The summed E-state index contributed by atoms with van der Waals surface area (Å²) < 4.78 is 44.0. The molecule has 1 heterocycles. The number of nitrogens with zero attached hydrogens (tertiary/aromatic N) is 1. The number of alkyl halides is 3. The maximum atomic E-state index is 13.1. The fourth-order valence-corrected chi connectivity index (χ4v) is 3.74. The third-order valence-electron chi connectivity index (χ3n) is 5.93. The minimum Gasteiger partial charge on any atom is -0.497 e. The van der Waals surface area contributed by atoms with Crippen LogP contribution >= 0.6 is 0 Å². The summed E-state index contributed by atoms with van der Waals surface area (Å²) >= 11 is 0. The number of ether oxygens (including phenoxy) is 1. The van der Waals surface area contributed by atoms with Crippen LogP contribution in [0.2, 0.25) is 0 Å². The zero-order valence-corrected chi connectivity index (χ0v) is 20.2. The summed E-state index contributed by atoms with van der Waals surface area (Å²) in [5.74, 6) is 0.257. The molecule has 6 nitrogen and oxygen atoms in total. The molecule has 0 unspecified atom stereocenters. The van der Waals surface area contributed by atoms with E-state index in [-0.39, 0.29) is 11.6 Å². The molecule has 35 heavy (non-hydrogen) atoms. The zero-order valence-electron chi connectivity index (χ0n) is 20.2. The monoisotopic (exact) mass is 487 g/mol. The lowest BCUT2D eigenvalue weighted by atomic mass is 9.83. The van der Waals surface area contributed by atoms with Gasteiger partial charge in [-0.25, -0.2) is 4.98 Å². The third kappa shape index (κ3) is 5.90. The summed E-state index contributed by atoms with van der Waals surface area (Å²) in [5.41, 5.74) is -0.696. The van der Waals surface area contributed by atoms with E-state index in [0.717, 1.165) is 23.8 Å². The number of carbonyl (C=O) groups is 1. The molecule has 0 fully saturated rings. The van der Waals surface area contributed by atoms with Gasteiger partial charge in [0.25, 0.3) is 11.5 Å². The Morgan fingerprint density at radius 2 is 1.57 bits per heavy atom. The molecular formula is C26H28F3N3O3. The molecule has 0 radical (unpaired) electrons. The number of amides is 1. The number of halogens is 3. The third-order valence-corrected chi connectivity index (χ3v) is 5.93. The van der Waals surface area contributed by atoms with Gasteiger partial charge in [-0.1, -0.05) is 38.1 Å². The van der Waals surface area contributed by atoms with Crippen molar-refractivity contribution in [2.45, 2.75) is 45.3 Å². The fraction of sp³-hybridized carbons (Fsp3) is 0.346. The van der Waals surface area contributed by atoms with E-state index < -0.39 is 34.7 Å². The number of rotatable bonds is 7. The Bertz CT molecular complexity index is 1230. The predicted octanol–water partition coefficient (Wildman–Crippen LogP) is 5.25. The number of benzene rings is 2. The van der Waals surface area contributed by atoms with E-state index >= 15 is 0 Å². The molecule has 0 aliphatic carbocycles. The van der Waals surface area contributed by atoms with Crippen LogP contribution in [0, 0.1) is 5.92 Å². The number of nitrogens with one attached hydrogen (secondary N) is 2. The minimum atomic E-state index is -4.45. The molecule has 0 saturated heterocycles. The quantitative estimate of drug-likeness (QED) is 0.477. The molecule has 3 rings (SSSR count). The highest BCUT2D eigenvalue weighted by atomic mass is 19.4. The highest BCUT2D eigenvalue weighted by Crippen LogP contribution is 2.32. The standard InChI is InChI=1S/C26H28F3N3O3/c1-15(2)22(16-6-8-18(9-7-16)26(27,28)29)32-23(34)20-14-21(33)31-24(30-20)25(3,4)17-10-12-19(35-5)13-11-17/h6-15,22H,1-5H3,(H,32,34)(H,30,31,33)/t22-/m1/s1. The molecule has 0 bridgehead atoms. The number of methoxy groups -OCH3 is 1. The zero-order chi connectivity index (χ0) is 26.0. The first-order chi connectivity index (χ1) is 16.3. The van der Waals surface area contributed by atoms with Crippen LogP contribution in [0.5, 0.6) is 5.75 Å². The molecule has 186 valence electrons. The van der Waals surface area contributed by atoms with E-state index in [1.807, 2.05) is 39.8 Å². The Kier molecular flexibility index (Phi) is 7.38. The van der Waals surface area contributed by atoms with Crippen molar-refractivity contribution in [3.63, 3.8) is 0 Å². The molecule has 0 saturated carbocycles. The van der Waals surface area contributed by atoms with Gasteiger partial charge in [0.05, 0.1) is 18.7 Å². The second-order valence-electron chi connectivity index (χ2n) is 9.15. The maximum absolute atomic E-state index is 13.1. The first kappa shape index (κ1) is 26.0. The van der Waals surface area contributed by atoms with Gasteiger partial charge in [-0.3, -0.25) is 9.59 Å². The average molecular weight is 488 g/mol. The molecule has 0 spiro atoms. The van der Waals surface area contributed by atoms with E-state index in [1.165, 1.54) is 12.1 Å². The SMILES string of the molecule is COc1ccc(C(C)(C)c2nc(C(=O)N[C@@H](c3ccc(C(F)(F)F)cc3)C(C)C)cc(=O)[nH]2)cc1. The van der Waals surface area contributed by atoms with Crippen LogP contribution in [0.1, 0.15) is 66.7 Å². The van der Waals surface area contributed by atoms with E-state index in [0.29, 0.717) is 17.1 Å². The second-order valence-corrected chi connectivity index (χ2v) is 9.15. The van der Waals surface area contributed by atoms with Gasteiger partial charge in [0.15, 0.2) is 0 Å². The summed E-state index contributed by atoms with van der Waals surface area (Å²) in [4.78, 5) is 32.6. The first-order valence-electron chi connectivity index (χ1n) is 11.1. The molecule has 1 aromatic heterocycles. The number of H-pyrrole nitrogens is 1. The summed E-state index contributed by atoms with van der Waals surface area (Å²) in [7, 11) is 1.57. The smallest absolute Gasteiger partial charge is 0.416 e. The minimum absolute atomic E-state index is 0.0806. The highest BCUT2D eigenvalue weighted by molar-refractivity contribution is 5.92. The number of hydrogen-bond donors (Lipinski definition) is 2. The van der Waals surface area contributed by atoms with E-state index in [9.17, 15) is 22.8 Å². The average Bonchev–Trinajstić information content (AvgIpc) is 2.81. The van der Waals surface area contributed by atoms with Crippen LogP contribution in [0.4, 0.5) is 13.2 Å². The Balaban J connectivity index is 1.90. The van der Waals surface area contributed by atoms with Crippen molar-refractivity contribution in [3.05, 3.63) is 93.2 Å². The predicted molar refractivity (Wildman–Crippen MR) is 126 cm³/mol. The summed E-state index contributed by atoms with van der Waals surface area (Å²) in [5, 5.41) is 2.82. The Hall–Kier alpha value is -3.62. The Morgan fingerprint density at radius 1 is 1.00 bits per heavy atom. The molecule has 2 aromatic carbocycles. The molecule has 1 atom stereocenters. The largest absolute Gasteiger partial charge is 0.497 e. The van der Waals surface area contributed by atoms with E-state index in [1.54, 1.807) is 19.2 Å². The number of hydrogen-bond acceptors (Lipinski definition) is 4. The van der Waals surface area contributed by atoms with Gasteiger partial charge < -0.3 is 15.0 Å². The molecule has 2 N–H and O–H groups in total. The number of aromatic amines is 1. The number of aromatic nitrogens is 2. The van der Waals surface area contributed by atoms with Crippen LogP contribution in [0.25, 0.3) is 0 Å². The molecule has 3 aromatic rings. The van der Waals surface area contributed by atoms with E-state index in [4.69, 9.17) is 4.74 Å². The lowest BCUT2D eigenvalue weighted by Gasteiger charge is -2.26. The van der Waals surface area contributed by atoms with Crippen molar-refractivity contribution in [2.24, 2.45) is 5.92 Å². The molecule has 0 aliphatic rings. The number of carbonyl (C=O) groups excluding carboxylic acids is 1. The summed E-state index contributed by atoms with van der Waals surface area (Å²) in [6.07, 6.45) is -4.45. The van der Waals surface area contributed by atoms with Crippen LogP contribution < -0.4 is 15.6 Å². The Morgan fingerprint density at radius 3 is 2.09 bits per heavy atom. The van der Waals surface area contributed by atoms with Crippen molar-refractivity contribution in [1.29, 1.82) is 0 Å². The highest BCUT2D eigenvalue weighted by Gasteiger charge is 2.31. The van der Waals surface area contributed by atoms with Crippen LogP contribution in [-0.2, 0) is 11.6 Å². The first-order valence-corrected chi connectivity index (χ1v) is 11.1. The van der Waals surface area contributed by atoms with Crippen molar-refractivity contribution >= 4 is 5.91 Å². The molecule has 9 heteroatoms. The second kappa shape index (κ2) is 9.93. The van der Waals surface area contributed by atoms with Gasteiger partial charge >= 0.3 is 6.18 Å². The van der Waals surface area contributed by atoms with Crippen molar-refractivity contribution in [2.75, 3.05) is 7.11 Å². The molecule has 0 aliphatic heterocycles. The van der Waals surface area contributed by atoms with Crippen LogP contribution in [0.3, 0.4) is 0 Å². The summed E-state index contributed by atoms with van der Waals surface area (Å²) in [6.45, 7) is 7.42. The van der Waals surface area contributed by atoms with Gasteiger partial charge in [0, 0.05) is 11.5 Å². The van der Waals surface area contributed by atoms with Gasteiger partial charge in [-0.05, 0) is 55.2 Å². The van der Waals surface area contributed by atoms with Gasteiger partial charge in [-0.15, -0.1) is 0 Å². The van der Waals surface area contributed by atoms with Crippen molar-refractivity contribution in [1.82, 2.24) is 15.3 Å². The lowest BCUT2D eigenvalue weighted by molar-refractivity contribution is -0.137. The van der Waals surface area contributed by atoms with Crippen molar-refractivity contribution < 1.29 is 22.7 Å². The van der Waals surface area contributed by atoms with Gasteiger partial charge in [0.1, 0.15) is 17.3 Å². The normalized spacial score (nSPS) is 12.9. The molecular weight excluding hydrogens is 459 g/mol. The van der Waals surface area contributed by atoms with Gasteiger partial charge in [0.2, 0.25) is 0 Å². The topological polar surface area (TPSA) is 84.1 Å². The fourth-order valence-electron chi connectivity index (χ4n) is 3.74.